The first-order valence-electron chi connectivity index (χ1n) is 7.78. The number of aliphatic hydroxyl groups is 1. The lowest BCUT2D eigenvalue weighted by atomic mass is 9.94. The van der Waals surface area contributed by atoms with Crippen molar-refractivity contribution in [3.05, 3.63) is 35.9 Å². The Balaban J connectivity index is 2.62. The Morgan fingerprint density at radius 2 is 1.90 bits per heavy atom. The van der Waals surface area contributed by atoms with Gasteiger partial charge < -0.3 is 15.3 Å². The second-order valence-corrected chi connectivity index (χ2v) is 5.53. The zero-order chi connectivity index (χ0) is 14.8. The third-order valence-electron chi connectivity index (χ3n) is 3.83. The molecule has 1 aromatic carbocycles. The zero-order valence-corrected chi connectivity index (χ0v) is 13.2. The Hall–Kier alpha value is -0.900. The van der Waals surface area contributed by atoms with E-state index in [1.165, 1.54) is 18.4 Å². The number of benzene rings is 1. The van der Waals surface area contributed by atoms with Crippen LogP contribution in [-0.2, 0) is 0 Å². The third kappa shape index (κ3) is 5.61. The van der Waals surface area contributed by atoms with Crippen LogP contribution in [0.3, 0.4) is 0 Å². The first-order chi connectivity index (χ1) is 9.72. The van der Waals surface area contributed by atoms with E-state index in [-0.39, 0.29) is 6.61 Å². The molecule has 3 nitrogen and oxygen atoms in total. The van der Waals surface area contributed by atoms with Crippen molar-refractivity contribution < 1.29 is 5.11 Å². The number of nitrogens with zero attached hydrogens (tertiary/aromatic N) is 1. The molecule has 20 heavy (non-hydrogen) atoms. The molecule has 0 saturated heterocycles. The molecule has 0 aliphatic heterocycles. The number of aliphatic hydroxyl groups excluding tert-OH is 1. The van der Waals surface area contributed by atoms with Crippen LogP contribution in [0.5, 0.6) is 0 Å². The Morgan fingerprint density at radius 1 is 1.20 bits per heavy atom. The molecule has 0 aliphatic carbocycles. The van der Waals surface area contributed by atoms with Gasteiger partial charge >= 0.3 is 0 Å². The summed E-state index contributed by atoms with van der Waals surface area (Å²) < 4.78 is 0. The average molecular weight is 278 g/mol. The standard InChI is InChI=1S/C17H30N2O/c1-4-5-11-19(12-13-20)14-15(2)17(18-3)16-9-7-6-8-10-16/h6-10,15,17-18,20H,4-5,11-14H2,1-3H3. The fourth-order valence-corrected chi connectivity index (χ4v) is 2.77. The summed E-state index contributed by atoms with van der Waals surface area (Å²) in [5.41, 5.74) is 1.34. The first-order valence-corrected chi connectivity index (χ1v) is 7.78. The maximum absolute atomic E-state index is 9.20. The summed E-state index contributed by atoms with van der Waals surface area (Å²) in [6.07, 6.45) is 2.40. The van der Waals surface area contributed by atoms with Gasteiger partial charge in [-0.15, -0.1) is 0 Å². The predicted molar refractivity (Wildman–Crippen MR) is 85.8 cm³/mol. The highest BCUT2D eigenvalue weighted by Crippen LogP contribution is 2.22. The van der Waals surface area contributed by atoms with E-state index in [9.17, 15) is 5.11 Å². The highest BCUT2D eigenvalue weighted by molar-refractivity contribution is 5.19. The van der Waals surface area contributed by atoms with Gasteiger partial charge in [0.1, 0.15) is 0 Å². The van der Waals surface area contributed by atoms with Gasteiger partial charge in [-0.05, 0) is 31.5 Å². The molecular formula is C17H30N2O. The van der Waals surface area contributed by atoms with Crippen LogP contribution in [-0.4, -0.2) is 43.3 Å². The maximum Gasteiger partial charge on any atom is 0.0558 e. The van der Waals surface area contributed by atoms with E-state index in [0.29, 0.717) is 12.0 Å². The van der Waals surface area contributed by atoms with Crippen molar-refractivity contribution in [3.63, 3.8) is 0 Å². The van der Waals surface area contributed by atoms with E-state index >= 15 is 0 Å². The van der Waals surface area contributed by atoms with Gasteiger partial charge in [0.2, 0.25) is 0 Å². The van der Waals surface area contributed by atoms with E-state index < -0.39 is 0 Å². The normalized spacial score (nSPS) is 14.4. The molecule has 2 atom stereocenters. The van der Waals surface area contributed by atoms with Gasteiger partial charge in [0.15, 0.2) is 0 Å². The molecule has 0 spiro atoms. The van der Waals surface area contributed by atoms with Crippen LogP contribution in [0.2, 0.25) is 0 Å². The molecule has 0 amide bonds. The molecule has 0 heterocycles. The summed E-state index contributed by atoms with van der Waals surface area (Å²) in [6, 6.07) is 11.0. The van der Waals surface area contributed by atoms with Crippen molar-refractivity contribution in [1.82, 2.24) is 10.2 Å². The number of unbranched alkanes of at least 4 members (excludes halogenated alkanes) is 1. The zero-order valence-electron chi connectivity index (χ0n) is 13.2. The largest absolute Gasteiger partial charge is 0.395 e. The van der Waals surface area contributed by atoms with Crippen LogP contribution >= 0.6 is 0 Å². The smallest absolute Gasteiger partial charge is 0.0558 e. The van der Waals surface area contributed by atoms with E-state index in [0.717, 1.165) is 19.6 Å². The van der Waals surface area contributed by atoms with Crippen molar-refractivity contribution in [1.29, 1.82) is 0 Å². The van der Waals surface area contributed by atoms with Crippen LogP contribution in [0.15, 0.2) is 30.3 Å². The topological polar surface area (TPSA) is 35.5 Å². The van der Waals surface area contributed by atoms with Crippen LogP contribution < -0.4 is 5.32 Å². The molecule has 0 fully saturated rings. The molecule has 0 aliphatic rings. The molecule has 114 valence electrons. The summed E-state index contributed by atoms with van der Waals surface area (Å²) in [5, 5.41) is 12.6. The van der Waals surface area contributed by atoms with E-state index in [2.05, 4.69) is 54.4 Å². The van der Waals surface area contributed by atoms with E-state index in [1.54, 1.807) is 0 Å². The molecule has 3 heteroatoms. The highest BCUT2D eigenvalue weighted by Gasteiger charge is 2.19. The number of hydrogen-bond donors (Lipinski definition) is 2. The highest BCUT2D eigenvalue weighted by atomic mass is 16.3. The fraction of sp³-hybridized carbons (Fsp3) is 0.647. The minimum absolute atomic E-state index is 0.242. The molecule has 0 bridgehead atoms. The first kappa shape index (κ1) is 17.2. The maximum atomic E-state index is 9.20. The molecule has 0 saturated carbocycles. The Kier molecular flexibility index (Phi) is 8.51. The van der Waals surface area contributed by atoms with Gasteiger partial charge in [0.05, 0.1) is 6.61 Å². The lowest BCUT2D eigenvalue weighted by Gasteiger charge is -2.30. The van der Waals surface area contributed by atoms with Crippen molar-refractivity contribution in [2.45, 2.75) is 32.7 Å². The van der Waals surface area contributed by atoms with Crippen molar-refractivity contribution in [2.75, 3.05) is 33.3 Å². The van der Waals surface area contributed by atoms with Crippen LogP contribution in [0.25, 0.3) is 0 Å². The molecule has 0 radical (unpaired) electrons. The minimum Gasteiger partial charge on any atom is -0.395 e. The lowest BCUT2D eigenvalue weighted by Crippen LogP contribution is -2.36. The monoisotopic (exact) mass is 278 g/mol. The van der Waals surface area contributed by atoms with Gasteiger partial charge in [-0.2, -0.15) is 0 Å². The van der Waals surface area contributed by atoms with Crippen molar-refractivity contribution >= 4 is 0 Å². The molecule has 1 aromatic rings. The van der Waals surface area contributed by atoms with Gasteiger partial charge in [-0.3, -0.25) is 0 Å². The predicted octanol–water partition coefficient (Wildman–Crippen LogP) is 2.68. The third-order valence-corrected chi connectivity index (χ3v) is 3.83. The number of hydrogen-bond acceptors (Lipinski definition) is 3. The lowest BCUT2D eigenvalue weighted by molar-refractivity contribution is 0.165. The average Bonchev–Trinajstić information content (AvgIpc) is 2.47. The summed E-state index contributed by atoms with van der Waals surface area (Å²) >= 11 is 0. The fourth-order valence-electron chi connectivity index (χ4n) is 2.77. The summed E-state index contributed by atoms with van der Waals surface area (Å²) in [7, 11) is 2.02. The van der Waals surface area contributed by atoms with E-state index in [4.69, 9.17) is 0 Å². The minimum atomic E-state index is 0.242. The quantitative estimate of drug-likeness (QED) is 0.691. The summed E-state index contributed by atoms with van der Waals surface area (Å²) in [5.74, 6) is 0.505. The summed E-state index contributed by atoms with van der Waals surface area (Å²) in [6.45, 7) is 7.60. The van der Waals surface area contributed by atoms with Gasteiger partial charge in [0.25, 0.3) is 0 Å². The summed E-state index contributed by atoms with van der Waals surface area (Å²) in [4.78, 5) is 2.38. The second kappa shape index (κ2) is 9.92. The SMILES string of the molecule is CCCCN(CCO)CC(C)C(NC)c1ccccc1. The van der Waals surface area contributed by atoms with Crippen LogP contribution in [0, 0.1) is 5.92 Å². The van der Waals surface area contributed by atoms with Crippen LogP contribution in [0.1, 0.15) is 38.3 Å². The Labute approximate surface area is 124 Å². The Morgan fingerprint density at radius 3 is 2.45 bits per heavy atom. The van der Waals surface area contributed by atoms with Gasteiger partial charge in [-0.1, -0.05) is 50.6 Å². The van der Waals surface area contributed by atoms with Gasteiger partial charge in [0, 0.05) is 19.1 Å². The molecule has 1 rings (SSSR count). The van der Waals surface area contributed by atoms with Gasteiger partial charge in [-0.25, -0.2) is 0 Å². The molecule has 0 aromatic heterocycles. The van der Waals surface area contributed by atoms with Crippen molar-refractivity contribution in [3.8, 4) is 0 Å². The Bertz CT molecular complexity index is 342. The number of nitrogens with one attached hydrogen (secondary N) is 1. The molecule has 2 N–H and O–H groups in total. The molecule has 2 unspecified atom stereocenters. The van der Waals surface area contributed by atoms with E-state index in [1.807, 2.05) is 7.05 Å². The molecular weight excluding hydrogens is 248 g/mol. The van der Waals surface area contributed by atoms with Crippen molar-refractivity contribution in [2.24, 2.45) is 5.92 Å². The second-order valence-electron chi connectivity index (χ2n) is 5.53. The number of rotatable bonds is 10. The van der Waals surface area contributed by atoms with Crippen LogP contribution in [0.4, 0.5) is 0 Å².